The molecule has 1 rings (SSSR count). The summed E-state index contributed by atoms with van der Waals surface area (Å²) in [7, 11) is 0. The molecule has 0 N–H and O–H groups in total. The lowest BCUT2D eigenvalue weighted by atomic mass is 10.0. The standard InChI is InChI=1S/C12H12ClN/c1-8-5-4-6-11(10(8)3)12(13)9(2)7-14/h4-6H,1-3H3. The number of rotatable bonds is 1. The van der Waals surface area contributed by atoms with Crippen LogP contribution in [0.5, 0.6) is 0 Å². The highest BCUT2D eigenvalue weighted by atomic mass is 35.5. The summed E-state index contributed by atoms with van der Waals surface area (Å²) in [6.45, 7) is 5.77. The summed E-state index contributed by atoms with van der Waals surface area (Å²) in [6, 6.07) is 7.98. The number of aryl methyl sites for hydroxylation is 1. The van der Waals surface area contributed by atoms with Crippen molar-refractivity contribution in [3.63, 3.8) is 0 Å². The molecular weight excluding hydrogens is 194 g/mol. The Morgan fingerprint density at radius 1 is 1.36 bits per heavy atom. The second-order valence-electron chi connectivity index (χ2n) is 3.30. The third-order valence-electron chi connectivity index (χ3n) is 2.34. The molecule has 2 heteroatoms. The molecule has 0 saturated heterocycles. The number of halogens is 1. The first kappa shape index (κ1) is 10.8. The second kappa shape index (κ2) is 4.30. The normalized spacial score (nSPS) is 11.9. The summed E-state index contributed by atoms with van der Waals surface area (Å²) in [5.74, 6) is 0. The molecule has 0 unspecified atom stereocenters. The lowest BCUT2D eigenvalue weighted by Gasteiger charge is -2.07. The van der Waals surface area contributed by atoms with E-state index in [9.17, 15) is 0 Å². The number of nitriles is 1. The zero-order chi connectivity index (χ0) is 10.7. The molecule has 0 aliphatic heterocycles. The van der Waals surface area contributed by atoms with Crippen LogP contribution in [0, 0.1) is 25.2 Å². The van der Waals surface area contributed by atoms with Crippen LogP contribution in [0.3, 0.4) is 0 Å². The van der Waals surface area contributed by atoms with Crippen molar-refractivity contribution in [2.24, 2.45) is 0 Å². The second-order valence-corrected chi connectivity index (χ2v) is 3.68. The Labute approximate surface area is 89.6 Å². The monoisotopic (exact) mass is 205 g/mol. The lowest BCUT2D eigenvalue weighted by Crippen LogP contribution is -1.89. The SMILES string of the molecule is CC(C#N)=C(Cl)c1cccc(C)c1C. The van der Waals surface area contributed by atoms with Crippen molar-refractivity contribution < 1.29 is 0 Å². The molecule has 1 aromatic rings. The number of hydrogen-bond acceptors (Lipinski definition) is 1. The quantitative estimate of drug-likeness (QED) is 0.640. The fourth-order valence-electron chi connectivity index (χ4n) is 1.24. The summed E-state index contributed by atoms with van der Waals surface area (Å²) in [5, 5.41) is 9.28. The Kier molecular flexibility index (Phi) is 3.33. The molecule has 0 radical (unpaired) electrons. The van der Waals surface area contributed by atoms with E-state index in [-0.39, 0.29) is 0 Å². The third-order valence-corrected chi connectivity index (χ3v) is 2.83. The zero-order valence-electron chi connectivity index (χ0n) is 8.56. The van der Waals surface area contributed by atoms with Gasteiger partial charge in [0.2, 0.25) is 0 Å². The van der Waals surface area contributed by atoms with E-state index in [0.29, 0.717) is 10.6 Å². The molecule has 0 spiro atoms. The largest absolute Gasteiger partial charge is 0.193 e. The number of benzene rings is 1. The van der Waals surface area contributed by atoms with Gasteiger partial charge in [-0.1, -0.05) is 29.8 Å². The predicted octanol–water partition coefficient (Wildman–Crippen LogP) is 3.80. The minimum absolute atomic E-state index is 0.550. The average Bonchev–Trinajstić information content (AvgIpc) is 2.20. The number of hydrogen-bond donors (Lipinski definition) is 0. The highest BCUT2D eigenvalue weighted by Crippen LogP contribution is 2.27. The maximum absolute atomic E-state index is 8.73. The zero-order valence-corrected chi connectivity index (χ0v) is 9.31. The van der Waals surface area contributed by atoms with Crippen molar-refractivity contribution in [1.29, 1.82) is 5.26 Å². The highest BCUT2D eigenvalue weighted by molar-refractivity contribution is 6.49. The van der Waals surface area contributed by atoms with Crippen molar-refractivity contribution in [3.8, 4) is 6.07 Å². The summed E-state index contributed by atoms with van der Waals surface area (Å²) < 4.78 is 0. The van der Waals surface area contributed by atoms with E-state index >= 15 is 0 Å². The van der Waals surface area contributed by atoms with E-state index in [2.05, 4.69) is 6.07 Å². The van der Waals surface area contributed by atoms with Crippen LogP contribution in [-0.4, -0.2) is 0 Å². The van der Waals surface area contributed by atoms with Crippen LogP contribution in [0.15, 0.2) is 23.8 Å². The highest BCUT2D eigenvalue weighted by Gasteiger charge is 2.06. The molecule has 0 heterocycles. The maximum Gasteiger partial charge on any atom is 0.0959 e. The Bertz CT molecular complexity index is 424. The van der Waals surface area contributed by atoms with Crippen LogP contribution < -0.4 is 0 Å². The van der Waals surface area contributed by atoms with Gasteiger partial charge in [-0.15, -0.1) is 0 Å². The van der Waals surface area contributed by atoms with Crippen LogP contribution in [0.25, 0.3) is 5.03 Å². The van der Waals surface area contributed by atoms with Gasteiger partial charge in [0.1, 0.15) is 0 Å². The minimum atomic E-state index is 0.550. The van der Waals surface area contributed by atoms with Crippen LogP contribution >= 0.6 is 11.6 Å². The minimum Gasteiger partial charge on any atom is -0.193 e. The molecule has 0 saturated carbocycles. The van der Waals surface area contributed by atoms with Crippen LogP contribution in [-0.2, 0) is 0 Å². The predicted molar refractivity (Wildman–Crippen MR) is 60.0 cm³/mol. The fraction of sp³-hybridized carbons (Fsp3) is 0.250. The molecule has 14 heavy (non-hydrogen) atoms. The van der Waals surface area contributed by atoms with E-state index in [0.717, 1.165) is 11.1 Å². The van der Waals surface area contributed by atoms with E-state index in [4.69, 9.17) is 16.9 Å². The first-order valence-corrected chi connectivity index (χ1v) is 4.78. The summed E-state index contributed by atoms with van der Waals surface area (Å²) in [5.41, 5.74) is 3.82. The van der Waals surface area contributed by atoms with E-state index < -0.39 is 0 Å². The van der Waals surface area contributed by atoms with Crippen molar-refractivity contribution in [1.82, 2.24) is 0 Å². The molecular formula is C12H12ClN. The summed E-state index contributed by atoms with van der Waals surface area (Å²) >= 11 is 6.09. The van der Waals surface area contributed by atoms with Crippen molar-refractivity contribution in [3.05, 3.63) is 40.5 Å². The van der Waals surface area contributed by atoms with Crippen molar-refractivity contribution in [2.75, 3.05) is 0 Å². The molecule has 72 valence electrons. The van der Waals surface area contributed by atoms with E-state index in [1.165, 1.54) is 5.56 Å². The molecule has 0 bridgehead atoms. The van der Waals surface area contributed by atoms with Gasteiger partial charge in [0.05, 0.1) is 11.1 Å². The first-order valence-electron chi connectivity index (χ1n) is 4.41. The van der Waals surface area contributed by atoms with Gasteiger partial charge in [-0.3, -0.25) is 0 Å². The van der Waals surface area contributed by atoms with Crippen LogP contribution in [0.2, 0.25) is 0 Å². The van der Waals surface area contributed by atoms with Gasteiger partial charge in [-0.05, 0) is 37.5 Å². The first-order chi connectivity index (χ1) is 6.57. The van der Waals surface area contributed by atoms with Crippen LogP contribution in [0.1, 0.15) is 23.6 Å². The van der Waals surface area contributed by atoms with Gasteiger partial charge >= 0.3 is 0 Å². The molecule has 0 amide bonds. The third kappa shape index (κ3) is 1.97. The molecule has 1 nitrogen and oxygen atoms in total. The smallest absolute Gasteiger partial charge is 0.0959 e. The van der Waals surface area contributed by atoms with Gasteiger partial charge in [-0.25, -0.2) is 0 Å². The molecule has 0 atom stereocenters. The maximum atomic E-state index is 8.73. The molecule has 0 fully saturated rings. The molecule has 0 aliphatic carbocycles. The molecule has 0 aliphatic rings. The van der Waals surface area contributed by atoms with Crippen molar-refractivity contribution in [2.45, 2.75) is 20.8 Å². The van der Waals surface area contributed by atoms with Gasteiger partial charge in [0, 0.05) is 5.57 Å². The Morgan fingerprint density at radius 2 is 2.00 bits per heavy atom. The number of allylic oxidation sites excluding steroid dienone is 1. The molecule has 1 aromatic carbocycles. The molecule has 0 aromatic heterocycles. The number of nitrogens with zero attached hydrogens (tertiary/aromatic N) is 1. The summed E-state index contributed by atoms with van der Waals surface area (Å²) in [4.78, 5) is 0. The Morgan fingerprint density at radius 3 is 2.57 bits per heavy atom. The van der Waals surface area contributed by atoms with Gasteiger partial charge in [0.25, 0.3) is 0 Å². The van der Waals surface area contributed by atoms with E-state index in [1.54, 1.807) is 6.92 Å². The fourth-order valence-corrected chi connectivity index (χ4v) is 1.49. The topological polar surface area (TPSA) is 23.8 Å². The van der Waals surface area contributed by atoms with E-state index in [1.807, 2.05) is 32.0 Å². The van der Waals surface area contributed by atoms with Gasteiger partial charge in [0.15, 0.2) is 0 Å². The lowest BCUT2D eigenvalue weighted by molar-refractivity contribution is 1.32. The van der Waals surface area contributed by atoms with Crippen molar-refractivity contribution >= 4 is 16.6 Å². The average molecular weight is 206 g/mol. The summed E-state index contributed by atoms with van der Waals surface area (Å²) in [6.07, 6.45) is 0. The van der Waals surface area contributed by atoms with Crippen LogP contribution in [0.4, 0.5) is 0 Å². The Balaban J connectivity index is 3.36. The van der Waals surface area contributed by atoms with Gasteiger partial charge < -0.3 is 0 Å². The Hall–Kier alpha value is -1.26. The van der Waals surface area contributed by atoms with Gasteiger partial charge in [-0.2, -0.15) is 5.26 Å².